The van der Waals surface area contributed by atoms with Gasteiger partial charge in [-0.3, -0.25) is 0 Å². The maximum atomic E-state index is 10.3. The van der Waals surface area contributed by atoms with Gasteiger partial charge in [-0.1, -0.05) is 43.7 Å². The molecule has 1 aromatic rings. The topological polar surface area (TPSA) is 41.5 Å². The van der Waals surface area contributed by atoms with E-state index in [9.17, 15) is 5.11 Å². The van der Waals surface area contributed by atoms with Crippen molar-refractivity contribution in [2.45, 2.75) is 32.3 Å². The number of benzene rings is 1. The van der Waals surface area contributed by atoms with Crippen molar-refractivity contribution in [3.05, 3.63) is 35.9 Å². The van der Waals surface area contributed by atoms with Crippen LogP contribution >= 0.6 is 0 Å². The van der Waals surface area contributed by atoms with Crippen molar-refractivity contribution >= 4 is 0 Å². The van der Waals surface area contributed by atoms with Crippen LogP contribution in [-0.2, 0) is 10.3 Å². The molecule has 1 rings (SSSR count). The summed E-state index contributed by atoms with van der Waals surface area (Å²) in [5.41, 5.74) is 0.106. The van der Waals surface area contributed by atoms with E-state index in [2.05, 4.69) is 12.2 Å². The van der Waals surface area contributed by atoms with Gasteiger partial charge in [0.1, 0.15) is 0 Å². The lowest BCUT2D eigenvalue weighted by Crippen LogP contribution is -2.36. The van der Waals surface area contributed by atoms with Crippen molar-refractivity contribution in [3.8, 4) is 0 Å². The monoisotopic (exact) mass is 251 g/mol. The van der Waals surface area contributed by atoms with Crippen LogP contribution in [0.1, 0.15) is 32.3 Å². The SMILES string of the molecule is CCCCOCCNCC(C)(O)c1ccccc1. The molecule has 1 unspecified atom stereocenters. The quantitative estimate of drug-likeness (QED) is 0.662. The zero-order valence-corrected chi connectivity index (χ0v) is 11.5. The standard InChI is InChI=1S/C15H25NO2/c1-3-4-11-18-12-10-16-13-15(2,17)14-8-6-5-7-9-14/h5-9,16-17H,3-4,10-13H2,1-2H3. The average Bonchev–Trinajstić information content (AvgIpc) is 2.39. The Morgan fingerprint density at radius 3 is 2.61 bits per heavy atom. The Kier molecular flexibility index (Phi) is 6.94. The molecule has 0 saturated heterocycles. The molecule has 0 aromatic heterocycles. The highest BCUT2D eigenvalue weighted by Crippen LogP contribution is 2.18. The van der Waals surface area contributed by atoms with Gasteiger partial charge in [0.15, 0.2) is 0 Å². The van der Waals surface area contributed by atoms with Crippen molar-refractivity contribution in [1.82, 2.24) is 5.32 Å². The van der Waals surface area contributed by atoms with E-state index >= 15 is 0 Å². The Labute approximate surface area is 110 Å². The summed E-state index contributed by atoms with van der Waals surface area (Å²) < 4.78 is 5.45. The smallest absolute Gasteiger partial charge is 0.0992 e. The first-order chi connectivity index (χ1) is 8.67. The van der Waals surface area contributed by atoms with E-state index in [0.29, 0.717) is 13.2 Å². The van der Waals surface area contributed by atoms with E-state index in [4.69, 9.17) is 4.74 Å². The number of nitrogens with one attached hydrogen (secondary N) is 1. The highest BCUT2D eigenvalue weighted by Gasteiger charge is 2.21. The summed E-state index contributed by atoms with van der Waals surface area (Å²) in [6.45, 7) is 6.81. The lowest BCUT2D eigenvalue weighted by atomic mass is 9.96. The lowest BCUT2D eigenvalue weighted by molar-refractivity contribution is 0.0532. The van der Waals surface area contributed by atoms with Crippen LogP contribution in [-0.4, -0.2) is 31.4 Å². The van der Waals surface area contributed by atoms with Gasteiger partial charge in [0, 0.05) is 19.7 Å². The first kappa shape index (κ1) is 15.2. The average molecular weight is 251 g/mol. The lowest BCUT2D eigenvalue weighted by Gasteiger charge is -2.24. The van der Waals surface area contributed by atoms with E-state index in [-0.39, 0.29) is 0 Å². The molecule has 0 saturated carbocycles. The largest absolute Gasteiger partial charge is 0.384 e. The molecule has 102 valence electrons. The van der Waals surface area contributed by atoms with Crippen LogP contribution < -0.4 is 5.32 Å². The molecule has 0 bridgehead atoms. The Hall–Kier alpha value is -0.900. The number of hydrogen-bond donors (Lipinski definition) is 2. The number of hydrogen-bond acceptors (Lipinski definition) is 3. The molecule has 0 aliphatic rings. The summed E-state index contributed by atoms with van der Waals surface area (Å²) in [5.74, 6) is 0. The Morgan fingerprint density at radius 1 is 1.22 bits per heavy atom. The third-order valence-electron chi connectivity index (χ3n) is 2.93. The van der Waals surface area contributed by atoms with Gasteiger partial charge in [-0.25, -0.2) is 0 Å². The van der Waals surface area contributed by atoms with E-state index in [1.165, 1.54) is 0 Å². The fourth-order valence-electron chi connectivity index (χ4n) is 1.72. The molecular weight excluding hydrogens is 226 g/mol. The molecule has 0 heterocycles. The summed E-state index contributed by atoms with van der Waals surface area (Å²) >= 11 is 0. The molecular formula is C15H25NO2. The van der Waals surface area contributed by atoms with Crippen LogP contribution in [0.25, 0.3) is 0 Å². The van der Waals surface area contributed by atoms with Crippen molar-refractivity contribution in [3.63, 3.8) is 0 Å². The van der Waals surface area contributed by atoms with E-state index in [1.54, 1.807) is 0 Å². The number of unbranched alkanes of at least 4 members (excludes halogenated alkanes) is 1. The van der Waals surface area contributed by atoms with E-state index < -0.39 is 5.60 Å². The van der Waals surface area contributed by atoms with Crippen LogP contribution in [0.15, 0.2) is 30.3 Å². The second kappa shape index (κ2) is 8.25. The molecule has 3 nitrogen and oxygen atoms in total. The van der Waals surface area contributed by atoms with Gasteiger partial charge in [0.25, 0.3) is 0 Å². The maximum absolute atomic E-state index is 10.3. The van der Waals surface area contributed by atoms with Gasteiger partial charge in [-0.15, -0.1) is 0 Å². The summed E-state index contributed by atoms with van der Waals surface area (Å²) in [6.07, 6.45) is 2.28. The van der Waals surface area contributed by atoms with Crippen LogP contribution in [0.4, 0.5) is 0 Å². The molecule has 0 aliphatic carbocycles. The normalized spacial score (nSPS) is 14.4. The molecule has 0 amide bonds. The minimum absolute atomic E-state index is 0.536. The zero-order chi connectivity index (χ0) is 13.3. The number of ether oxygens (including phenoxy) is 1. The molecule has 0 aliphatic heterocycles. The van der Waals surface area contributed by atoms with Crippen molar-refractivity contribution in [2.75, 3.05) is 26.3 Å². The molecule has 1 atom stereocenters. The highest BCUT2D eigenvalue weighted by atomic mass is 16.5. The predicted octanol–water partition coefficient (Wildman–Crippen LogP) is 2.30. The summed E-state index contributed by atoms with van der Waals surface area (Å²) in [7, 11) is 0. The first-order valence-electron chi connectivity index (χ1n) is 6.73. The van der Waals surface area contributed by atoms with Gasteiger partial charge in [-0.05, 0) is 18.9 Å². The minimum atomic E-state index is -0.829. The van der Waals surface area contributed by atoms with Crippen LogP contribution in [0, 0.1) is 0 Å². The Balaban J connectivity index is 2.18. The van der Waals surface area contributed by atoms with Crippen molar-refractivity contribution < 1.29 is 9.84 Å². The molecule has 3 heteroatoms. The fraction of sp³-hybridized carbons (Fsp3) is 0.600. The third kappa shape index (κ3) is 5.63. The number of aliphatic hydroxyl groups is 1. The maximum Gasteiger partial charge on any atom is 0.0992 e. The van der Waals surface area contributed by atoms with Crippen molar-refractivity contribution in [1.29, 1.82) is 0 Å². The summed E-state index contributed by atoms with van der Waals surface area (Å²) in [5, 5.41) is 13.5. The fourth-order valence-corrected chi connectivity index (χ4v) is 1.72. The number of rotatable bonds is 9. The van der Waals surface area contributed by atoms with Crippen LogP contribution in [0.5, 0.6) is 0 Å². The molecule has 1 aromatic carbocycles. The van der Waals surface area contributed by atoms with Crippen LogP contribution in [0.2, 0.25) is 0 Å². The van der Waals surface area contributed by atoms with Crippen molar-refractivity contribution in [2.24, 2.45) is 0 Å². The Morgan fingerprint density at radius 2 is 1.94 bits per heavy atom. The molecule has 18 heavy (non-hydrogen) atoms. The molecule has 0 fully saturated rings. The third-order valence-corrected chi connectivity index (χ3v) is 2.93. The second-order valence-corrected chi connectivity index (χ2v) is 4.78. The van der Waals surface area contributed by atoms with Crippen LogP contribution in [0.3, 0.4) is 0 Å². The zero-order valence-electron chi connectivity index (χ0n) is 11.5. The van der Waals surface area contributed by atoms with Gasteiger partial charge in [0.2, 0.25) is 0 Å². The highest BCUT2D eigenvalue weighted by molar-refractivity contribution is 5.21. The van der Waals surface area contributed by atoms with E-state index in [1.807, 2.05) is 37.3 Å². The van der Waals surface area contributed by atoms with Gasteiger partial charge in [0.05, 0.1) is 12.2 Å². The molecule has 0 spiro atoms. The van der Waals surface area contributed by atoms with Gasteiger partial charge in [-0.2, -0.15) is 0 Å². The van der Waals surface area contributed by atoms with Gasteiger partial charge < -0.3 is 15.2 Å². The summed E-state index contributed by atoms with van der Waals surface area (Å²) in [6, 6.07) is 9.72. The molecule has 0 radical (unpaired) electrons. The van der Waals surface area contributed by atoms with Gasteiger partial charge >= 0.3 is 0 Å². The Bertz CT molecular complexity index is 312. The minimum Gasteiger partial charge on any atom is -0.384 e. The summed E-state index contributed by atoms with van der Waals surface area (Å²) in [4.78, 5) is 0. The first-order valence-corrected chi connectivity index (χ1v) is 6.73. The predicted molar refractivity (Wildman–Crippen MR) is 74.6 cm³/mol. The second-order valence-electron chi connectivity index (χ2n) is 4.78. The van der Waals surface area contributed by atoms with E-state index in [0.717, 1.165) is 31.6 Å². The molecule has 2 N–H and O–H groups in total.